The van der Waals surface area contributed by atoms with E-state index in [-0.39, 0.29) is 51.0 Å². The van der Waals surface area contributed by atoms with Gasteiger partial charge in [0.25, 0.3) is 0 Å². The monoisotopic (exact) mass is 486 g/mol. The average Bonchev–Trinajstić information content (AvgIpc) is 3.08. The third-order valence-electron chi connectivity index (χ3n) is 6.19. The zero-order valence-electron chi connectivity index (χ0n) is 18.9. The summed E-state index contributed by atoms with van der Waals surface area (Å²) in [7, 11) is 0. The molecule has 0 heterocycles. The second kappa shape index (κ2) is 12.7. The summed E-state index contributed by atoms with van der Waals surface area (Å²) >= 11 is 0. The molecule has 0 spiro atoms. The van der Waals surface area contributed by atoms with Gasteiger partial charge in [-0.25, -0.2) is 12.1 Å². The van der Waals surface area contributed by atoms with Crippen LogP contribution in [-0.4, -0.2) is 0 Å². The minimum atomic E-state index is 0. The normalized spacial score (nSPS) is 11.1. The quantitative estimate of drug-likeness (QED) is 0.570. The number of hydrogen-bond donors (Lipinski definition) is 0. The summed E-state index contributed by atoms with van der Waals surface area (Å²) in [6, 6.07) is 13.5. The predicted molar refractivity (Wildman–Crippen MR) is 109 cm³/mol. The Morgan fingerprint density at radius 1 is 0.667 bits per heavy atom. The Hall–Kier alpha value is 0.163. The molecular weight excluding hydrogens is 450 g/mol. The molecule has 2 rings (SSSR count). The standard InChI is InChI=1S/2C12H19.2ClH.Zr/c2*1-9(2)12(4,5)11-7-6-10(3)8-11;;;/h2*6-9H,1-5H3;2*1H;/q2*-1;;;+4/p-2. The van der Waals surface area contributed by atoms with E-state index in [1.807, 2.05) is 0 Å². The van der Waals surface area contributed by atoms with Gasteiger partial charge in [0.05, 0.1) is 0 Å². The Morgan fingerprint density at radius 3 is 1.07 bits per heavy atom. The van der Waals surface area contributed by atoms with E-state index >= 15 is 0 Å². The Balaban J connectivity index is -0.000000384. The fourth-order valence-corrected chi connectivity index (χ4v) is 2.59. The van der Waals surface area contributed by atoms with Crippen molar-refractivity contribution in [3.05, 3.63) is 58.7 Å². The third kappa shape index (κ3) is 8.59. The fourth-order valence-electron chi connectivity index (χ4n) is 2.59. The van der Waals surface area contributed by atoms with Gasteiger partial charge >= 0.3 is 26.2 Å². The van der Waals surface area contributed by atoms with Crippen LogP contribution in [0.4, 0.5) is 0 Å². The summed E-state index contributed by atoms with van der Waals surface area (Å²) in [5, 5.41) is 0. The zero-order chi connectivity index (χ0) is 18.7. The summed E-state index contributed by atoms with van der Waals surface area (Å²) in [5.41, 5.74) is 6.31. The van der Waals surface area contributed by atoms with E-state index < -0.39 is 0 Å². The average molecular weight is 489 g/mol. The van der Waals surface area contributed by atoms with Crippen molar-refractivity contribution in [2.45, 2.75) is 80.1 Å². The first kappa shape index (κ1) is 31.8. The molecule has 0 bridgehead atoms. The molecule has 2 aromatic carbocycles. The van der Waals surface area contributed by atoms with E-state index in [2.05, 4.69) is 106 Å². The molecule has 0 aliphatic heterocycles. The molecule has 0 saturated carbocycles. The molecule has 0 aliphatic rings. The maximum atomic E-state index is 2.31. The molecule has 0 aliphatic carbocycles. The molecule has 0 N–H and O–H groups in total. The smallest absolute Gasteiger partial charge is 1.00 e. The van der Waals surface area contributed by atoms with Crippen LogP contribution < -0.4 is 24.8 Å². The van der Waals surface area contributed by atoms with Gasteiger partial charge in [0.15, 0.2) is 0 Å². The predicted octanol–water partition coefficient (Wildman–Crippen LogP) is 1.30. The molecule has 0 aromatic heterocycles. The van der Waals surface area contributed by atoms with Crippen LogP contribution in [0, 0.1) is 25.7 Å². The summed E-state index contributed by atoms with van der Waals surface area (Å²) < 4.78 is 0. The van der Waals surface area contributed by atoms with Gasteiger partial charge in [0.2, 0.25) is 0 Å². The van der Waals surface area contributed by atoms with Crippen LogP contribution in [0.3, 0.4) is 0 Å². The van der Waals surface area contributed by atoms with Crippen molar-refractivity contribution < 1.29 is 51.0 Å². The third-order valence-corrected chi connectivity index (χ3v) is 6.19. The molecule has 0 unspecified atom stereocenters. The minimum Gasteiger partial charge on any atom is -1.00 e. The van der Waals surface area contributed by atoms with E-state index in [0.717, 1.165) is 0 Å². The molecule has 3 heteroatoms. The maximum Gasteiger partial charge on any atom is 4.00 e. The van der Waals surface area contributed by atoms with Crippen LogP contribution in [0.5, 0.6) is 0 Å². The summed E-state index contributed by atoms with van der Waals surface area (Å²) in [6.07, 6.45) is 0. The number of halogens is 2. The molecule has 0 saturated heterocycles. The van der Waals surface area contributed by atoms with Crippen LogP contribution in [0.15, 0.2) is 36.4 Å². The zero-order valence-corrected chi connectivity index (χ0v) is 22.8. The first-order chi connectivity index (χ1) is 10.9. The largest absolute Gasteiger partial charge is 4.00 e. The van der Waals surface area contributed by atoms with E-state index in [0.29, 0.717) is 22.7 Å². The van der Waals surface area contributed by atoms with Gasteiger partial charge in [-0.15, -0.1) is 0 Å². The van der Waals surface area contributed by atoms with Crippen molar-refractivity contribution >= 4 is 0 Å². The molecule has 2 aromatic rings. The first-order valence-electron chi connectivity index (χ1n) is 9.36. The van der Waals surface area contributed by atoms with E-state index in [1.165, 1.54) is 22.3 Å². The molecule has 0 nitrogen and oxygen atoms in total. The number of hydrogen-bond acceptors (Lipinski definition) is 0. The van der Waals surface area contributed by atoms with Gasteiger partial charge in [0.1, 0.15) is 0 Å². The number of rotatable bonds is 4. The minimum absolute atomic E-state index is 0. The van der Waals surface area contributed by atoms with Crippen molar-refractivity contribution in [2.24, 2.45) is 11.8 Å². The van der Waals surface area contributed by atoms with E-state index in [1.54, 1.807) is 0 Å². The van der Waals surface area contributed by atoms with E-state index in [4.69, 9.17) is 0 Å². The van der Waals surface area contributed by atoms with Crippen LogP contribution in [-0.2, 0) is 37.0 Å². The molecule has 0 radical (unpaired) electrons. The Kier molecular flexibility index (Phi) is 14.9. The van der Waals surface area contributed by atoms with Crippen molar-refractivity contribution in [2.75, 3.05) is 0 Å². The molecule has 152 valence electrons. The van der Waals surface area contributed by atoms with Crippen LogP contribution in [0.2, 0.25) is 0 Å². The second-order valence-electron chi connectivity index (χ2n) is 9.11. The molecular formula is C24H38Cl2Zr. The summed E-state index contributed by atoms with van der Waals surface area (Å²) in [5.74, 6) is 1.39. The number of aryl methyl sites for hydroxylation is 2. The van der Waals surface area contributed by atoms with Gasteiger partial charge in [0, 0.05) is 0 Å². The Morgan fingerprint density at radius 2 is 0.926 bits per heavy atom. The SMILES string of the molecule is C[c-]1ccc(C(C)(C)C(C)C)c1.C[c-]1ccc(C(C)(C)C(C)C)c1.[Cl-].[Cl-].[Zr+4]. The Bertz CT molecular complexity index is 574. The van der Waals surface area contributed by atoms with Gasteiger partial charge < -0.3 is 24.8 Å². The molecule has 0 atom stereocenters. The Labute approximate surface area is 200 Å². The van der Waals surface area contributed by atoms with E-state index in [9.17, 15) is 0 Å². The summed E-state index contributed by atoms with van der Waals surface area (Å²) in [6.45, 7) is 22.7. The van der Waals surface area contributed by atoms with Crippen molar-refractivity contribution in [3.8, 4) is 0 Å². The van der Waals surface area contributed by atoms with Gasteiger partial charge in [-0.2, -0.15) is 46.5 Å². The topological polar surface area (TPSA) is 0 Å². The van der Waals surface area contributed by atoms with Gasteiger partial charge in [-0.1, -0.05) is 80.1 Å². The van der Waals surface area contributed by atoms with Crippen molar-refractivity contribution in [3.63, 3.8) is 0 Å². The second-order valence-corrected chi connectivity index (χ2v) is 9.11. The molecule has 0 amide bonds. The first-order valence-corrected chi connectivity index (χ1v) is 9.36. The van der Waals surface area contributed by atoms with Crippen molar-refractivity contribution in [1.82, 2.24) is 0 Å². The molecule has 27 heavy (non-hydrogen) atoms. The maximum absolute atomic E-state index is 2.31. The fraction of sp³-hybridized carbons (Fsp3) is 0.583. The van der Waals surface area contributed by atoms with Crippen LogP contribution >= 0.6 is 0 Å². The van der Waals surface area contributed by atoms with Crippen LogP contribution in [0.1, 0.15) is 77.6 Å². The molecule has 0 fully saturated rings. The van der Waals surface area contributed by atoms with Crippen molar-refractivity contribution in [1.29, 1.82) is 0 Å². The van der Waals surface area contributed by atoms with Gasteiger partial charge in [-0.3, -0.25) is 0 Å². The van der Waals surface area contributed by atoms with Gasteiger partial charge in [-0.05, 0) is 11.8 Å². The summed E-state index contributed by atoms with van der Waals surface area (Å²) in [4.78, 5) is 0. The van der Waals surface area contributed by atoms with Crippen LogP contribution in [0.25, 0.3) is 0 Å².